The molecule has 0 atom stereocenters. The van der Waals surface area contributed by atoms with E-state index in [2.05, 4.69) is 5.32 Å². The van der Waals surface area contributed by atoms with Crippen molar-refractivity contribution in [3.63, 3.8) is 0 Å². The first-order valence-electron chi connectivity index (χ1n) is 7.75. The lowest BCUT2D eigenvalue weighted by Gasteiger charge is -2.16. The lowest BCUT2D eigenvalue weighted by atomic mass is 10.1. The molecule has 3 rings (SSSR count). The number of hydrogen-bond donors (Lipinski definition) is 1. The van der Waals surface area contributed by atoms with Crippen LogP contribution in [0.15, 0.2) is 60.2 Å². The molecule has 0 unspecified atom stereocenters. The standard InChI is InChI=1S/C20H18ClNO2/c1-14-4-2-3-5-16(14)12-22-20(23)9-6-15-10-17-11-18(21)7-8-19(17)24-13-15/h2-11H,12-13H2,1H3,(H,22,23)/b9-6+. The van der Waals surface area contributed by atoms with E-state index in [1.807, 2.05) is 49.4 Å². The zero-order chi connectivity index (χ0) is 16.9. The highest BCUT2D eigenvalue weighted by atomic mass is 35.5. The fraction of sp³-hybridized carbons (Fsp3) is 0.150. The Morgan fingerprint density at radius 1 is 1.29 bits per heavy atom. The van der Waals surface area contributed by atoms with Gasteiger partial charge in [0.15, 0.2) is 0 Å². The minimum atomic E-state index is -0.129. The summed E-state index contributed by atoms with van der Waals surface area (Å²) >= 11 is 6.00. The summed E-state index contributed by atoms with van der Waals surface area (Å²) in [5.41, 5.74) is 4.13. The van der Waals surface area contributed by atoms with Crippen LogP contribution in [0.25, 0.3) is 6.08 Å². The molecule has 0 radical (unpaired) electrons. The molecule has 1 heterocycles. The molecule has 0 fully saturated rings. The van der Waals surface area contributed by atoms with E-state index in [0.717, 1.165) is 22.4 Å². The number of aryl methyl sites for hydroxylation is 1. The SMILES string of the molecule is Cc1ccccc1CNC(=O)/C=C/C1=Cc2cc(Cl)ccc2OC1. The molecular formula is C20H18ClNO2. The Hall–Kier alpha value is -2.52. The largest absolute Gasteiger partial charge is 0.488 e. The molecule has 2 aromatic carbocycles. The Morgan fingerprint density at radius 2 is 2.12 bits per heavy atom. The van der Waals surface area contributed by atoms with Crippen LogP contribution in [0.1, 0.15) is 16.7 Å². The maximum absolute atomic E-state index is 12.0. The van der Waals surface area contributed by atoms with Gasteiger partial charge in [0.25, 0.3) is 0 Å². The van der Waals surface area contributed by atoms with E-state index in [0.29, 0.717) is 18.2 Å². The number of ether oxygens (including phenoxy) is 1. The van der Waals surface area contributed by atoms with E-state index >= 15 is 0 Å². The third-order valence-electron chi connectivity index (χ3n) is 3.87. The molecule has 4 heteroatoms. The van der Waals surface area contributed by atoms with Crippen LogP contribution < -0.4 is 10.1 Å². The Kier molecular flexibility index (Phi) is 5.02. The second-order valence-corrected chi connectivity index (χ2v) is 6.10. The monoisotopic (exact) mass is 339 g/mol. The minimum Gasteiger partial charge on any atom is -0.488 e. The van der Waals surface area contributed by atoms with Crippen LogP contribution in [-0.4, -0.2) is 12.5 Å². The highest BCUT2D eigenvalue weighted by Crippen LogP contribution is 2.29. The predicted molar refractivity (Wildman–Crippen MR) is 97.1 cm³/mol. The van der Waals surface area contributed by atoms with Crippen molar-refractivity contribution in [1.29, 1.82) is 0 Å². The summed E-state index contributed by atoms with van der Waals surface area (Å²) in [6.07, 6.45) is 5.29. The normalized spacial score (nSPS) is 13.2. The molecule has 3 nitrogen and oxygen atoms in total. The summed E-state index contributed by atoms with van der Waals surface area (Å²) in [5, 5.41) is 3.55. The van der Waals surface area contributed by atoms with Gasteiger partial charge in [-0.1, -0.05) is 41.9 Å². The summed E-state index contributed by atoms with van der Waals surface area (Å²) in [7, 11) is 0. The molecule has 1 N–H and O–H groups in total. The van der Waals surface area contributed by atoms with Crippen LogP contribution >= 0.6 is 11.6 Å². The molecule has 1 amide bonds. The van der Waals surface area contributed by atoms with Gasteiger partial charge in [-0.15, -0.1) is 0 Å². The highest BCUT2D eigenvalue weighted by Gasteiger charge is 2.10. The fourth-order valence-corrected chi connectivity index (χ4v) is 2.68. The van der Waals surface area contributed by atoms with Gasteiger partial charge in [0.1, 0.15) is 12.4 Å². The number of benzene rings is 2. The smallest absolute Gasteiger partial charge is 0.244 e. The molecule has 0 aromatic heterocycles. The van der Waals surface area contributed by atoms with Crippen molar-refractivity contribution in [2.75, 3.05) is 6.61 Å². The van der Waals surface area contributed by atoms with E-state index in [-0.39, 0.29) is 5.91 Å². The van der Waals surface area contributed by atoms with Crippen molar-refractivity contribution in [2.45, 2.75) is 13.5 Å². The molecule has 0 aliphatic carbocycles. The van der Waals surface area contributed by atoms with Crippen LogP contribution in [0, 0.1) is 6.92 Å². The minimum absolute atomic E-state index is 0.129. The van der Waals surface area contributed by atoms with Crippen LogP contribution in [0.3, 0.4) is 0 Å². The molecule has 2 aromatic rings. The first-order chi connectivity index (χ1) is 11.6. The van der Waals surface area contributed by atoms with E-state index in [9.17, 15) is 4.79 Å². The number of nitrogens with one attached hydrogen (secondary N) is 1. The molecular weight excluding hydrogens is 322 g/mol. The first-order valence-corrected chi connectivity index (χ1v) is 8.13. The average molecular weight is 340 g/mol. The molecule has 1 aliphatic heterocycles. The quantitative estimate of drug-likeness (QED) is 0.843. The Labute approximate surface area is 146 Å². The van der Waals surface area contributed by atoms with Crippen molar-refractivity contribution >= 4 is 23.6 Å². The van der Waals surface area contributed by atoms with E-state index < -0.39 is 0 Å². The van der Waals surface area contributed by atoms with Gasteiger partial charge in [-0.3, -0.25) is 4.79 Å². The van der Waals surface area contributed by atoms with E-state index in [4.69, 9.17) is 16.3 Å². The molecule has 0 saturated heterocycles. The van der Waals surface area contributed by atoms with Crippen molar-refractivity contribution in [3.8, 4) is 5.75 Å². The van der Waals surface area contributed by atoms with E-state index in [1.54, 1.807) is 12.1 Å². The Morgan fingerprint density at radius 3 is 2.96 bits per heavy atom. The molecule has 0 bridgehead atoms. The van der Waals surface area contributed by atoms with E-state index in [1.165, 1.54) is 11.6 Å². The predicted octanol–water partition coefficient (Wildman–Crippen LogP) is 4.30. The van der Waals surface area contributed by atoms with Crippen LogP contribution in [0.2, 0.25) is 5.02 Å². The van der Waals surface area contributed by atoms with Gasteiger partial charge in [0, 0.05) is 23.2 Å². The summed E-state index contributed by atoms with van der Waals surface area (Å²) in [4.78, 5) is 12.0. The van der Waals surface area contributed by atoms with Crippen molar-refractivity contribution in [3.05, 3.63) is 81.9 Å². The van der Waals surface area contributed by atoms with Crippen molar-refractivity contribution in [1.82, 2.24) is 5.32 Å². The topological polar surface area (TPSA) is 38.3 Å². The Balaban J connectivity index is 1.61. The molecule has 1 aliphatic rings. The van der Waals surface area contributed by atoms with Gasteiger partial charge in [-0.25, -0.2) is 0 Å². The molecule has 122 valence electrons. The number of fused-ring (bicyclic) bond motifs is 1. The summed E-state index contributed by atoms with van der Waals surface area (Å²) in [6.45, 7) is 2.99. The zero-order valence-corrected chi connectivity index (χ0v) is 14.1. The third kappa shape index (κ3) is 4.06. The van der Waals surface area contributed by atoms with Gasteiger partial charge in [0.2, 0.25) is 5.91 Å². The number of hydrogen-bond acceptors (Lipinski definition) is 2. The number of rotatable bonds is 4. The highest BCUT2D eigenvalue weighted by molar-refractivity contribution is 6.30. The molecule has 0 saturated carbocycles. The van der Waals surface area contributed by atoms with Crippen LogP contribution in [-0.2, 0) is 11.3 Å². The second kappa shape index (κ2) is 7.37. The Bertz CT molecular complexity index is 824. The number of carbonyl (C=O) groups excluding carboxylic acids is 1. The van der Waals surface area contributed by atoms with Crippen LogP contribution in [0.4, 0.5) is 0 Å². The summed E-state index contributed by atoms with van der Waals surface area (Å²) in [5.74, 6) is 0.677. The lowest BCUT2D eigenvalue weighted by Crippen LogP contribution is -2.21. The average Bonchev–Trinajstić information content (AvgIpc) is 2.59. The zero-order valence-electron chi connectivity index (χ0n) is 13.4. The lowest BCUT2D eigenvalue weighted by molar-refractivity contribution is -0.116. The van der Waals surface area contributed by atoms with Gasteiger partial charge < -0.3 is 10.1 Å². The fourth-order valence-electron chi connectivity index (χ4n) is 2.49. The maximum Gasteiger partial charge on any atom is 0.244 e. The number of carbonyl (C=O) groups is 1. The van der Waals surface area contributed by atoms with Crippen molar-refractivity contribution < 1.29 is 9.53 Å². The van der Waals surface area contributed by atoms with Gasteiger partial charge >= 0.3 is 0 Å². The van der Waals surface area contributed by atoms with Gasteiger partial charge in [0.05, 0.1) is 0 Å². The van der Waals surface area contributed by atoms with Crippen molar-refractivity contribution in [2.24, 2.45) is 0 Å². The molecule has 0 spiro atoms. The third-order valence-corrected chi connectivity index (χ3v) is 4.11. The second-order valence-electron chi connectivity index (χ2n) is 5.67. The number of halogens is 1. The van der Waals surface area contributed by atoms with Gasteiger partial charge in [-0.05, 0) is 47.9 Å². The summed E-state index contributed by atoms with van der Waals surface area (Å²) in [6, 6.07) is 13.5. The first kappa shape index (κ1) is 16.3. The number of amides is 1. The van der Waals surface area contributed by atoms with Gasteiger partial charge in [-0.2, -0.15) is 0 Å². The maximum atomic E-state index is 12.0. The summed E-state index contributed by atoms with van der Waals surface area (Å²) < 4.78 is 5.66. The molecule has 24 heavy (non-hydrogen) atoms. The van der Waals surface area contributed by atoms with Crippen LogP contribution in [0.5, 0.6) is 5.75 Å².